The molecule has 2 heterocycles. The van der Waals surface area contributed by atoms with E-state index in [1.165, 1.54) is 37.7 Å². The first-order valence-electron chi connectivity index (χ1n) is 9.59. The van der Waals surface area contributed by atoms with E-state index >= 15 is 0 Å². The Labute approximate surface area is 158 Å². The van der Waals surface area contributed by atoms with Crippen LogP contribution in [0, 0.1) is 0 Å². The summed E-state index contributed by atoms with van der Waals surface area (Å²) in [7, 11) is 0. The number of pyridine rings is 1. The number of hydrogen-bond acceptors (Lipinski definition) is 3. The molecule has 2 fully saturated rings. The molecule has 0 amide bonds. The minimum atomic E-state index is 0.259. The van der Waals surface area contributed by atoms with Gasteiger partial charge in [0.1, 0.15) is 6.10 Å². The number of ether oxygens (including phenoxy) is 1. The van der Waals surface area contributed by atoms with E-state index in [-0.39, 0.29) is 6.10 Å². The van der Waals surface area contributed by atoms with E-state index in [2.05, 4.69) is 34.2 Å². The van der Waals surface area contributed by atoms with Crippen LogP contribution in [-0.4, -0.2) is 21.1 Å². The van der Waals surface area contributed by atoms with E-state index in [0.717, 1.165) is 35.5 Å². The van der Waals surface area contributed by atoms with Crippen molar-refractivity contribution in [2.24, 2.45) is 0 Å². The van der Waals surface area contributed by atoms with Gasteiger partial charge in [-0.15, -0.1) is 0 Å². The first kappa shape index (κ1) is 16.1. The number of fused-ring (bicyclic) bond motifs is 1. The Hall–Kier alpha value is -2.07. The summed E-state index contributed by atoms with van der Waals surface area (Å²) < 4.78 is 6.03. The summed E-state index contributed by atoms with van der Waals surface area (Å²) in [6.07, 6.45) is 8.84. The summed E-state index contributed by atoms with van der Waals surface area (Å²) >= 11 is 6.50. The van der Waals surface area contributed by atoms with Crippen LogP contribution in [0.3, 0.4) is 0 Å². The first-order valence-corrected chi connectivity index (χ1v) is 9.97. The molecule has 0 saturated heterocycles. The molecular weight excluding hydrogens is 346 g/mol. The maximum atomic E-state index is 6.50. The van der Waals surface area contributed by atoms with E-state index in [1.54, 1.807) is 0 Å². The molecule has 0 bridgehead atoms. The van der Waals surface area contributed by atoms with E-state index in [9.17, 15) is 0 Å². The van der Waals surface area contributed by atoms with Crippen molar-refractivity contribution >= 4 is 22.8 Å². The van der Waals surface area contributed by atoms with Gasteiger partial charge in [-0.3, -0.25) is 0 Å². The maximum Gasteiger partial charge on any atom is 0.296 e. The van der Waals surface area contributed by atoms with Gasteiger partial charge in [-0.1, -0.05) is 42.3 Å². The van der Waals surface area contributed by atoms with Crippen molar-refractivity contribution in [3.63, 3.8) is 0 Å². The Balaban J connectivity index is 1.43. The summed E-state index contributed by atoms with van der Waals surface area (Å²) in [6.45, 7) is 0. The topological polar surface area (TPSA) is 50.8 Å². The lowest BCUT2D eigenvalue weighted by atomic mass is 9.98. The van der Waals surface area contributed by atoms with Gasteiger partial charge in [0.15, 0.2) is 5.65 Å². The molecule has 26 heavy (non-hydrogen) atoms. The minimum absolute atomic E-state index is 0.259. The highest BCUT2D eigenvalue weighted by molar-refractivity contribution is 6.33. The number of nitrogens with zero attached hydrogens (tertiary/aromatic N) is 2. The van der Waals surface area contributed by atoms with Crippen LogP contribution in [0.1, 0.15) is 56.4 Å². The molecule has 0 unspecified atom stereocenters. The smallest absolute Gasteiger partial charge is 0.296 e. The highest BCUT2D eigenvalue weighted by Gasteiger charge is 2.23. The fraction of sp³-hybridized carbons (Fsp3) is 0.429. The van der Waals surface area contributed by atoms with Crippen molar-refractivity contribution in [1.29, 1.82) is 0 Å². The quantitative estimate of drug-likeness (QED) is 0.627. The number of aromatic amines is 1. The second-order valence-electron chi connectivity index (χ2n) is 7.51. The van der Waals surface area contributed by atoms with Gasteiger partial charge < -0.3 is 9.72 Å². The summed E-state index contributed by atoms with van der Waals surface area (Å²) in [5, 5.41) is 0.629. The Morgan fingerprint density at radius 3 is 2.46 bits per heavy atom. The van der Waals surface area contributed by atoms with E-state index in [0.29, 0.717) is 16.7 Å². The number of imidazole rings is 1. The van der Waals surface area contributed by atoms with E-state index in [4.69, 9.17) is 21.3 Å². The molecule has 3 aromatic rings. The zero-order chi connectivity index (χ0) is 17.5. The van der Waals surface area contributed by atoms with Gasteiger partial charge in [-0.05, 0) is 56.1 Å². The van der Waals surface area contributed by atoms with Crippen molar-refractivity contribution in [3.8, 4) is 17.3 Å². The van der Waals surface area contributed by atoms with Crippen molar-refractivity contribution in [3.05, 3.63) is 40.9 Å². The predicted molar refractivity (Wildman–Crippen MR) is 104 cm³/mol. The first-order chi connectivity index (χ1) is 12.8. The van der Waals surface area contributed by atoms with Gasteiger partial charge >= 0.3 is 0 Å². The lowest BCUT2D eigenvalue weighted by molar-refractivity contribution is 0.143. The van der Waals surface area contributed by atoms with Crippen LogP contribution >= 0.6 is 11.6 Å². The molecule has 2 aliphatic rings. The monoisotopic (exact) mass is 367 g/mol. The Bertz CT molecular complexity index is 924. The number of halogens is 1. The molecule has 1 aromatic carbocycles. The minimum Gasteiger partial charge on any atom is -0.461 e. The molecular formula is C21H22ClN3O. The van der Waals surface area contributed by atoms with Crippen LogP contribution in [0.5, 0.6) is 6.01 Å². The number of hydrogen-bond donors (Lipinski definition) is 1. The second kappa shape index (κ2) is 6.58. The molecule has 0 atom stereocenters. The van der Waals surface area contributed by atoms with Crippen LogP contribution < -0.4 is 4.74 Å². The molecule has 134 valence electrons. The highest BCUT2D eigenvalue weighted by Crippen LogP contribution is 2.40. The predicted octanol–water partition coefficient (Wildman–Crippen LogP) is 5.87. The average Bonchev–Trinajstić information content (AvgIpc) is 3.44. The van der Waals surface area contributed by atoms with Crippen LogP contribution in [-0.2, 0) is 0 Å². The largest absolute Gasteiger partial charge is 0.461 e. The molecule has 0 radical (unpaired) electrons. The van der Waals surface area contributed by atoms with Crippen LogP contribution in [0.2, 0.25) is 5.02 Å². The number of H-pyrrole nitrogens is 1. The normalized spacial score (nSPS) is 18.3. The molecule has 5 heteroatoms. The fourth-order valence-electron chi connectivity index (χ4n) is 3.82. The molecule has 0 spiro atoms. The second-order valence-corrected chi connectivity index (χ2v) is 7.91. The van der Waals surface area contributed by atoms with Crippen molar-refractivity contribution in [2.45, 2.75) is 57.0 Å². The van der Waals surface area contributed by atoms with Gasteiger partial charge in [-0.2, -0.15) is 4.98 Å². The highest BCUT2D eigenvalue weighted by atomic mass is 35.5. The van der Waals surface area contributed by atoms with Crippen LogP contribution in [0.15, 0.2) is 30.3 Å². The van der Waals surface area contributed by atoms with Crippen molar-refractivity contribution in [1.82, 2.24) is 15.0 Å². The Morgan fingerprint density at radius 2 is 1.73 bits per heavy atom. The van der Waals surface area contributed by atoms with Crippen molar-refractivity contribution in [2.75, 3.05) is 0 Å². The number of rotatable bonds is 4. The standard InChI is InChI=1S/C21H22ClN3O/c22-17-12-18-20(25-21(23-18)26-16-4-2-1-3-5-16)24-19(17)15-10-8-14(9-11-15)13-6-7-13/h8-13,16H,1-7H2,(H,23,24,25). The number of nitrogens with one attached hydrogen (secondary N) is 1. The molecule has 2 aliphatic carbocycles. The average molecular weight is 368 g/mol. The molecule has 1 N–H and O–H groups in total. The summed E-state index contributed by atoms with van der Waals surface area (Å²) in [6, 6.07) is 11.1. The van der Waals surface area contributed by atoms with Crippen molar-refractivity contribution < 1.29 is 4.74 Å². The third-order valence-electron chi connectivity index (χ3n) is 5.47. The fourth-order valence-corrected chi connectivity index (χ4v) is 4.09. The molecule has 2 saturated carbocycles. The summed E-state index contributed by atoms with van der Waals surface area (Å²) in [4.78, 5) is 12.5. The summed E-state index contributed by atoms with van der Waals surface area (Å²) in [5.41, 5.74) is 4.69. The zero-order valence-electron chi connectivity index (χ0n) is 14.7. The Morgan fingerprint density at radius 1 is 0.962 bits per heavy atom. The maximum absolute atomic E-state index is 6.50. The third kappa shape index (κ3) is 3.18. The van der Waals surface area contributed by atoms with Gasteiger partial charge in [0.2, 0.25) is 0 Å². The Kier molecular flexibility index (Phi) is 4.08. The zero-order valence-corrected chi connectivity index (χ0v) is 15.4. The van der Waals surface area contributed by atoms with Crippen LogP contribution in [0.25, 0.3) is 22.4 Å². The molecule has 0 aliphatic heterocycles. The lowest BCUT2D eigenvalue weighted by Gasteiger charge is -2.21. The van der Waals surface area contributed by atoms with E-state index < -0.39 is 0 Å². The van der Waals surface area contributed by atoms with Crippen LogP contribution in [0.4, 0.5) is 0 Å². The van der Waals surface area contributed by atoms with E-state index in [1.807, 2.05) is 6.07 Å². The molecule has 2 aromatic heterocycles. The molecule has 4 nitrogen and oxygen atoms in total. The third-order valence-corrected chi connectivity index (χ3v) is 5.76. The number of aromatic nitrogens is 3. The van der Waals surface area contributed by atoms with Gasteiger partial charge in [-0.25, -0.2) is 4.98 Å². The SMILES string of the molecule is Clc1cc2[nH]c(OC3CCCCC3)nc2nc1-c1ccc(C2CC2)cc1. The van der Waals surface area contributed by atoms with Gasteiger partial charge in [0.05, 0.1) is 16.2 Å². The lowest BCUT2D eigenvalue weighted by Crippen LogP contribution is -2.20. The molecule has 5 rings (SSSR count). The van der Waals surface area contributed by atoms with Gasteiger partial charge in [0.25, 0.3) is 6.01 Å². The number of benzene rings is 1. The summed E-state index contributed by atoms with van der Waals surface area (Å²) in [5.74, 6) is 0.751. The van der Waals surface area contributed by atoms with Gasteiger partial charge in [0, 0.05) is 5.56 Å².